The maximum atomic E-state index is 12.0. The number of aryl methyl sites for hydroxylation is 2. The SMILES string of the molecule is CCc1cc(Cn2ncc(NC(C)C)cc2=O)n(C)n1. The summed E-state index contributed by atoms with van der Waals surface area (Å²) in [4.78, 5) is 12.0. The van der Waals surface area contributed by atoms with Crippen molar-refractivity contribution in [3.05, 3.63) is 40.1 Å². The van der Waals surface area contributed by atoms with Gasteiger partial charge in [-0.3, -0.25) is 9.48 Å². The topological polar surface area (TPSA) is 64.7 Å². The van der Waals surface area contributed by atoms with Crippen LogP contribution in [0, 0.1) is 0 Å². The van der Waals surface area contributed by atoms with Gasteiger partial charge in [-0.2, -0.15) is 10.2 Å². The Bertz CT molecular complexity index is 641. The fraction of sp³-hybridized carbons (Fsp3) is 0.500. The molecule has 0 saturated heterocycles. The highest BCUT2D eigenvalue weighted by molar-refractivity contribution is 5.39. The lowest BCUT2D eigenvalue weighted by Crippen LogP contribution is -2.25. The van der Waals surface area contributed by atoms with Crippen molar-refractivity contribution in [1.82, 2.24) is 19.6 Å². The quantitative estimate of drug-likeness (QED) is 0.896. The van der Waals surface area contributed by atoms with E-state index < -0.39 is 0 Å². The van der Waals surface area contributed by atoms with Gasteiger partial charge >= 0.3 is 0 Å². The van der Waals surface area contributed by atoms with Gasteiger partial charge in [-0.1, -0.05) is 6.92 Å². The Morgan fingerprint density at radius 1 is 1.35 bits per heavy atom. The zero-order chi connectivity index (χ0) is 14.7. The van der Waals surface area contributed by atoms with Gasteiger partial charge in [-0.25, -0.2) is 4.68 Å². The smallest absolute Gasteiger partial charge is 0.269 e. The molecule has 2 aromatic rings. The summed E-state index contributed by atoms with van der Waals surface area (Å²) in [7, 11) is 1.88. The molecule has 0 aromatic carbocycles. The second kappa shape index (κ2) is 5.90. The van der Waals surface area contributed by atoms with Gasteiger partial charge in [0.25, 0.3) is 5.56 Å². The molecule has 0 radical (unpaired) electrons. The maximum Gasteiger partial charge on any atom is 0.269 e. The van der Waals surface area contributed by atoms with Crippen molar-refractivity contribution in [3.8, 4) is 0 Å². The van der Waals surface area contributed by atoms with E-state index in [1.807, 2.05) is 27.0 Å². The predicted molar refractivity (Wildman–Crippen MR) is 78.9 cm³/mol. The molecule has 0 fully saturated rings. The summed E-state index contributed by atoms with van der Waals surface area (Å²) in [5.74, 6) is 0. The lowest BCUT2D eigenvalue weighted by atomic mass is 10.3. The Balaban J connectivity index is 2.21. The van der Waals surface area contributed by atoms with Crippen LogP contribution in [0.5, 0.6) is 0 Å². The third-order valence-corrected chi connectivity index (χ3v) is 3.03. The van der Waals surface area contributed by atoms with E-state index in [9.17, 15) is 4.79 Å². The molecular weight excluding hydrogens is 254 g/mol. The number of hydrogen-bond acceptors (Lipinski definition) is 4. The average Bonchev–Trinajstić information content (AvgIpc) is 2.73. The third-order valence-electron chi connectivity index (χ3n) is 3.03. The summed E-state index contributed by atoms with van der Waals surface area (Å²) in [6.07, 6.45) is 2.56. The van der Waals surface area contributed by atoms with Crippen LogP contribution in [0.15, 0.2) is 23.1 Å². The van der Waals surface area contributed by atoms with Gasteiger partial charge in [0.15, 0.2) is 0 Å². The first kappa shape index (κ1) is 14.3. The summed E-state index contributed by atoms with van der Waals surface area (Å²) in [6.45, 7) is 6.54. The van der Waals surface area contributed by atoms with Gasteiger partial charge in [0.05, 0.1) is 29.8 Å². The zero-order valence-electron chi connectivity index (χ0n) is 12.4. The summed E-state index contributed by atoms with van der Waals surface area (Å²) >= 11 is 0. The summed E-state index contributed by atoms with van der Waals surface area (Å²) in [5, 5.41) is 11.7. The van der Waals surface area contributed by atoms with E-state index in [0.717, 1.165) is 23.5 Å². The molecule has 2 rings (SSSR count). The molecular formula is C14H21N5O. The molecule has 1 N–H and O–H groups in total. The first-order valence-corrected chi connectivity index (χ1v) is 6.85. The van der Waals surface area contributed by atoms with Crippen molar-refractivity contribution in [1.29, 1.82) is 0 Å². The molecule has 108 valence electrons. The van der Waals surface area contributed by atoms with Crippen molar-refractivity contribution < 1.29 is 0 Å². The molecule has 0 aliphatic rings. The molecule has 0 aliphatic carbocycles. The molecule has 6 nitrogen and oxygen atoms in total. The van der Waals surface area contributed by atoms with Crippen molar-refractivity contribution >= 4 is 5.69 Å². The first-order chi connectivity index (χ1) is 9.49. The standard InChI is InChI=1S/C14H21N5O/c1-5-11-6-13(18(4)17-11)9-19-14(20)7-12(8-15-19)16-10(2)3/h6-8,10,16H,5,9H2,1-4H3. The van der Waals surface area contributed by atoms with Crippen LogP contribution in [0.1, 0.15) is 32.2 Å². The Hall–Kier alpha value is -2.11. The fourth-order valence-electron chi connectivity index (χ4n) is 2.01. The van der Waals surface area contributed by atoms with Gasteiger partial charge < -0.3 is 5.32 Å². The van der Waals surface area contributed by atoms with Crippen LogP contribution in [-0.4, -0.2) is 25.6 Å². The predicted octanol–water partition coefficient (Wildman–Crippen LogP) is 1.41. The molecule has 0 amide bonds. The van der Waals surface area contributed by atoms with Crippen LogP contribution in [0.3, 0.4) is 0 Å². The Morgan fingerprint density at radius 2 is 2.10 bits per heavy atom. The van der Waals surface area contributed by atoms with Gasteiger partial charge in [0.2, 0.25) is 0 Å². The van der Waals surface area contributed by atoms with Crippen LogP contribution < -0.4 is 10.9 Å². The second-order valence-electron chi connectivity index (χ2n) is 5.14. The van der Waals surface area contributed by atoms with Gasteiger partial charge in [-0.15, -0.1) is 0 Å². The van der Waals surface area contributed by atoms with Crippen molar-refractivity contribution in [2.45, 2.75) is 39.8 Å². The van der Waals surface area contributed by atoms with Crippen molar-refractivity contribution in [2.24, 2.45) is 7.05 Å². The molecule has 0 unspecified atom stereocenters. The number of rotatable bonds is 5. The number of anilines is 1. The van der Waals surface area contributed by atoms with Crippen LogP contribution in [0.2, 0.25) is 0 Å². The number of aromatic nitrogens is 4. The lowest BCUT2D eigenvalue weighted by Gasteiger charge is -2.10. The number of nitrogens with zero attached hydrogens (tertiary/aromatic N) is 4. The van der Waals surface area contributed by atoms with Gasteiger partial charge in [-0.05, 0) is 26.3 Å². The molecule has 0 atom stereocenters. The number of hydrogen-bond donors (Lipinski definition) is 1. The summed E-state index contributed by atoms with van der Waals surface area (Å²) in [6, 6.07) is 3.86. The minimum atomic E-state index is -0.116. The van der Waals surface area contributed by atoms with E-state index in [0.29, 0.717) is 6.54 Å². The average molecular weight is 275 g/mol. The van der Waals surface area contributed by atoms with Crippen LogP contribution in [-0.2, 0) is 20.0 Å². The lowest BCUT2D eigenvalue weighted by molar-refractivity contribution is 0.590. The molecule has 0 bridgehead atoms. The molecule has 2 aromatic heterocycles. The van der Waals surface area contributed by atoms with E-state index in [-0.39, 0.29) is 11.6 Å². The normalized spacial score (nSPS) is 11.1. The van der Waals surface area contributed by atoms with Crippen LogP contribution >= 0.6 is 0 Å². The highest BCUT2D eigenvalue weighted by Crippen LogP contribution is 2.06. The Kier molecular flexibility index (Phi) is 4.22. The Labute approximate surface area is 118 Å². The fourth-order valence-corrected chi connectivity index (χ4v) is 2.01. The second-order valence-corrected chi connectivity index (χ2v) is 5.14. The van der Waals surface area contributed by atoms with Crippen LogP contribution in [0.25, 0.3) is 0 Å². The monoisotopic (exact) mass is 275 g/mol. The minimum Gasteiger partial charge on any atom is -0.381 e. The Morgan fingerprint density at radius 3 is 2.65 bits per heavy atom. The summed E-state index contributed by atoms with van der Waals surface area (Å²) < 4.78 is 3.25. The van der Waals surface area contributed by atoms with E-state index in [1.54, 1.807) is 16.9 Å². The zero-order valence-corrected chi connectivity index (χ0v) is 12.4. The van der Waals surface area contributed by atoms with E-state index in [2.05, 4.69) is 22.4 Å². The minimum absolute atomic E-state index is 0.116. The van der Waals surface area contributed by atoms with Crippen molar-refractivity contribution in [3.63, 3.8) is 0 Å². The molecule has 0 aliphatic heterocycles. The van der Waals surface area contributed by atoms with Crippen molar-refractivity contribution in [2.75, 3.05) is 5.32 Å². The number of nitrogens with one attached hydrogen (secondary N) is 1. The maximum absolute atomic E-state index is 12.0. The van der Waals surface area contributed by atoms with E-state index in [1.165, 1.54) is 4.68 Å². The molecule has 0 saturated carbocycles. The highest BCUT2D eigenvalue weighted by Gasteiger charge is 2.07. The van der Waals surface area contributed by atoms with E-state index in [4.69, 9.17) is 0 Å². The highest BCUT2D eigenvalue weighted by atomic mass is 16.1. The van der Waals surface area contributed by atoms with E-state index >= 15 is 0 Å². The molecule has 2 heterocycles. The largest absolute Gasteiger partial charge is 0.381 e. The molecule has 6 heteroatoms. The van der Waals surface area contributed by atoms with Gasteiger partial charge in [0.1, 0.15) is 0 Å². The van der Waals surface area contributed by atoms with Crippen LogP contribution in [0.4, 0.5) is 5.69 Å². The summed E-state index contributed by atoms with van der Waals surface area (Å²) in [5.41, 5.74) is 2.63. The molecule has 20 heavy (non-hydrogen) atoms. The van der Waals surface area contributed by atoms with Gasteiger partial charge in [0, 0.05) is 19.2 Å². The molecule has 0 spiro atoms. The first-order valence-electron chi connectivity index (χ1n) is 6.85. The third kappa shape index (κ3) is 3.26.